The summed E-state index contributed by atoms with van der Waals surface area (Å²) in [5.41, 5.74) is 7.65. The number of nitrogens with zero attached hydrogens (tertiary/aromatic N) is 4. The predicted octanol–water partition coefficient (Wildman–Crippen LogP) is 4.82. The fraction of sp³-hybridized carbons (Fsp3) is 0.273. The van der Waals surface area contributed by atoms with Crippen LogP contribution >= 0.6 is 0 Å². The third kappa shape index (κ3) is 4.37. The van der Waals surface area contributed by atoms with Gasteiger partial charge in [-0.2, -0.15) is 5.10 Å². The lowest BCUT2D eigenvalue weighted by molar-refractivity contribution is 0.0903. The lowest BCUT2D eigenvalue weighted by Gasteiger charge is -2.11. The van der Waals surface area contributed by atoms with Crippen LogP contribution in [0.25, 0.3) is 22.3 Å². The summed E-state index contributed by atoms with van der Waals surface area (Å²) in [5.74, 6) is -2.02. The van der Waals surface area contributed by atoms with Gasteiger partial charge < -0.3 is 19.8 Å². The number of nitrogen functional groups attached to an aromatic ring is 1. The molecule has 4 rings (SSSR count). The molecule has 167 valence electrons. The first-order valence-corrected chi connectivity index (χ1v) is 12.8. The fourth-order valence-corrected chi connectivity index (χ4v) is 3.98. The minimum atomic E-state index is -0.881. The van der Waals surface area contributed by atoms with E-state index in [1.54, 1.807) is 16.9 Å². The number of anilines is 1. The van der Waals surface area contributed by atoms with Gasteiger partial charge in [0.1, 0.15) is 18.1 Å². The minimum absolute atomic E-state index is 0.0188. The number of aromatic nitrogens is 4. The first kappa shape index (κ1) is 22.0. The van der Waals surface area contributed by atoms with E-state index in [4.69, 9.17) is 15.2 Å². The number of fused-ring (bicyclic) bond motifs is 1. The van der Waals surface area contributed by atoms with Gasteiger partial charge in [0, 0.05) is 64.4 Å². The van der Waals surface area contributed by atoms with E-state index in [9.17, 15) is 8.78 Å². The van der Waals surface area contributed by atoms with Crippen LogP contribution in [0.15, 0.2) is 42.9 Å². The summed E-state index contributed by atoms with van der Waals surface area (Å²) in [6, 6.07) is 6.51. The van der Waals surface area contributed by atoms with Crippen molar-refractivity contribution in [3.8, 4) is 22.8 Å². The summed E-state index contributed by atoms with van der Waals surface area (Å²) in [6.07, 6.45) is 5.10. The van der Waals surface area contributed by atoms with E-state index >= 15 is 0 Å². The van der Waals surface area contributed by atoms with Crippen LogP contribution in [0.2, 0.25) is 19.1 Å². The second-order valence-corrected chi connectivity index (χ2v) is 10.7. The molecule has 0 fully saturated rings. The molecule has 0 spiro atoms. The highest BCUT2D eigenvalue weighted by Gasteiger charge is 2.21. The lowest BCUT2D eigenvalue weighted by atomic mass is 10.1. The van der Waals surface area contributed by atoms with Crippen molar-refractivity contribution in [3.05, 3.63) is 54.5 Å². The number of halogens is 2. The van der Waals surface area contributed by atoms with Gasteiger partial charge in [-0.3, -0.25) is 4.68 Å². The molecule has 0 aliphatic rings. The van der Waals surface area contributed by atoms with Crippen molar-refractivity contribution in [2.75, 3.05) is 12.3 Å². The average Bonchev–Trinajstić information content (AvgIpc) is 3.31. The quantitative estimate of drug-likeness (QED) is 0.234. The molecule has 0 amide bonds. The van der Waals surface area contributed by atoms with Crippen molar-refractivity contribution in [2.24, 2.45) is 7.05 Å². The largest absolute Gasteiger partial charge is 0.450 e. The molecule has 4 aromatic rings. The lowest BCUT2D eigenvalue weighted by Crippen LogP contribution is -2.08. The average molecular weight is 457 g/mol. The molecule has 1 radical (unpaired) electrons. The number of benzene rings is 1. The van der Waals surface area contributed by atoms with Crippen LogP contribution < -0.4 is 10.5 Å². The Hall–Kier alpha value is -3.24. The third-order valence-electron chi connectivity index (χ3n) is 5.03. The Morgan fingerprint density at radius 1 is 1.12 bits per heavy atom. The molecule has 2 N–H and O–H groups in total. The van der Waals surface area contributed by atoms with E-state index in [-0.39, 0.29) is 20.2 Å². The van der Waals surface area contributed by atoms with E-state index in [1.807, 2.05) is 23.9 Å². The summed E-state index contributed by atoms with van der Waals surface area (Å²) in [6.45, 7) is 5.42. The molecule has 32 heavy (non-hydrogen) atoms. The minimum Gasteiger partial charge on any atom is -0.450 e. The van der Waals surface area contributed by atoms with Gasteiger partial charge in [0.05, 0.1) is 11.1 Å². The van der Waals surface area contributed by atoms with E-state index in [0.29, 0.717) is 24.4 Å². The summed E-state index contributed by atoms with van der Waals surface area (Å²) in [7, 11) is 1.44. The molecule has 1 aromatic carbocycles. The fourth-order valence-electron chi connectivity index (χ4n) is 3.43. The molecule has 0 unspecified atom stereocenters. The number of pyridine rings is 1. The van der Waals surface area contributed by atoms with Gasteiger partial charge in [-0.15, -0.1) is 0 Å². The van der Waals surface area contributed by atoms with Gasteiger partial charge in [0.2, 0.25) is 0 Å². The van der Waals surface area contributed by atoms with Crippen molar-refractivity contribution in [1.82, 2.24) is 19.3 Å². The molecule has 0 saturated heterocycles. The Balaban J connectivity index is 1.80. The van der Waals surface area contributed by atoms with Crippen LogP contribution in [0.4, 0.5) is 14.5 Å². The second kappa shape index (κ2) is 9.09. The molecule has 0 atom stereocenters. The van der Waals surface area contributed by atoms with E-state index in [1.165, 1.54) is 6.20 Å². The van der Waals surface area contributed by atoms with E-state index in [0.717, 1.165) is 29.4 Å². The topological polar surface area (TPSA) is 80.1 Å². The molecular weight excluding hydrogens is 432 g/mol. The van der Waals surface area contributed by atoms with Crippen LogP contribution in [0.1, 0.15) is 0 Å². The molecule has 10 heteroatoms. The Bertz CT molecular complexity index is 1230. The van der Waals surface area contributed by atoms with Gasteiger partial charge in [-0.05, 0) is 18.2 Å². The maximum Gasteiger partial charge on any atom is 0.198 e. The Morgan fingerprint density at radius 3 is 2.53 bits per heavy atom. The first-order chi connectivity index (χ1) is 15.3. The second-order valence-electron chi connectivity index (χ2n) is 7.77. The van der Waals surface area contributed by atoms with E-state index in [2.05, 4.69) is 23.2 Å². The number of hydrogen-bond acceptors (Lipinski definition) is 5. The molecule has 0 aliphatic heterocycles. The van der Waals surface area contributed by atoms with Gasteiger partial charge in [0.25, 0.3) is 0 Å². The van der Waals surface area contributed by atoms with Gasteiger partial charge in [-0.25, -0.2) is 13.8 Å². The highest BCUT2D eigenvalue weighted by atomic mass is 28.3. The molecule has 0 saturated carbocycles. The SMILES string of the molecule is Cn1nccc1-c1cn(COCC[Si](C)C)c2nccc(Oc3c(F)cc(N)cc3F)c12. The molecule has 0 aliphatic carbocycles. The predicted molar refractivity (Wildman–Crippen MR) is 121 cm³/mol. The maximum absolute atomic E-state index is 14.4. The molecule has 3 heterocycles. The highest BCUT2D eigenvalue weighted by molar-refractivity contribution is 6.55. The van der Waals surface area contributed by atoms with Crippen molar-refractivity contribution >= 4 is 25.5 Å². The highest BCUT2D eigenvalue weighted by Crippen LogP contribution is 2.39. The number of nitrogens with two attached hydrogens (primary N) is 1. The number of rotatable bonds is 8. The monoisotopic (exact) mass is 456 g/mol. The third-order valence-corrected chi connectivity index (χ3v) is 6.23. The summed E-state index contributed by atoms with van der Waals surface area (Å²) >= 11 is 0. The molecule has 7 nitrogen and oxygen atoms in total. The molecule has 0 bridgehead atoms. The van der Waals surface area contributed by atoms with Gasteiger partial charge in [0.15, 0.2) is 17.4 Å². The Morgan fingerprint density at radius 2 is 1.88 bits per heavy atom. The van der Waals surface area contributed by atoms with Gasteiger partial charge >= 0.3 is 0 Å². The summed E-state index contributed by atoms with van der Waals surface area (Å²) in [5, 5.41) is 4.84. The van der Waals surface area contributed by atoms with Crippen LogP contribution in [-0.4, -0.2) is 34.7 Å². The van der Waals surface area contributed by atoms with Crippen molar-refractivity contribution in [1.29, 1.82) is 0 Å². The maximum atomic E-state index is 14.4. The zero-order valence-corrected chi connectivity index (χ0v) is 19.1. The van der Waals surface area contributed by atoms with Crippen LogP contribution in [0.5, 0.6) is 11.5 Å². The smallest absolute Gasteiger partial charge is 0.198 e. The van der Waals surface area contributed by atoms with Crippen molar-refractivity contribution < 1.29 is 18.3 Å². The van der Waals surface area contributed by atoms with Crippen LogP contribution in [0.3, 0.4) is 0 Å². The standard InChI is InChI=1S/C22H24F2N5O2Si/c1-28-18(4-7-27-28)15-12-29(13-30-8-9-32(2)3)22-20(15)19(5-6-26-22)31-21-16(23)10-14(25)11-17(21)24/h4-7,10-12H,8-9,13,25H2,1-3H3. The molecular formula is C22H24F2N5O2Si. The first-order valence-electron chi connectivity index (χ1n) is 10.1. The summed E-state index contributed by atoms with van der Waals surface area (Å²) < 4.78 is 44.0. The Labute approximate surface area is 186 Å². The molecule has 3 aromatic heterocycles. The Kier molecular flexibility index (Phi) is 6.24. The van der Waals surface area contributed by atoms with Crippen molar-refractivity contribution in [3.63, 3.8) is 0 Å². The van der Waals surface area contributed by atoms with Crippen LogP contribution in [-0.2, 0) is 18.5 Å². The number of hydrogen-bond donors (Lipinski definition) is 1. The van der Waals surface area contributed by atoms with Gasteiger partial charge in [-0.1, -0.05) is 13.1 Å². The normalized spacial score (nSPS) is 11.6. The number of ether oxygens (including phenoxy) is 2. The van der Waals surface area contributed by atoms with E-state index < -0.39 is 17.4 Å². The number of aryl methyl sites for hydroxylation is 1. The van der Waals surface area contributed by atoms with Crippen molar-refractivity contribution in [2.45, 2.75) is 25.9 Å². The zero-order chi connectivity index (χ0) is 22.8. The summed E-state index contributed by atoms with van der Waals surface area (Å²) in [4.78, 5) is 4.49. The zero-order valence-electron chi connectivity index (χ0n) is 18.1. The van der Waals surface area contributed by atoms with Crippen LogP contribution in [0, 0.1) is 11.6 Å².